The zero-order valence-electron chi connectivity index (χ0n) is 24.0. The molecule has 1 heterocycles. The second-order valence-corrected chi connectivity index (χ2v) is 11.2. The van der Waals surface area contributed by atoms with Gasteiger partial charge in [0.05, 0.1) is 22.3 Å². The fourth-order valence-corrected chi connectivity index (χ4v) is 5.54. The first-order chi connectivity index (χ1) is 20.5. The molecule has 3 aromatic rings. The molecule has 1 aromatic heterocycles. The Kier molecular flexibility index (Phi) is 12.3. The van der Waals surface area contributed by atoms with Crippen LogP contribution in [-0.4, -0.2) is 58.9 Å². The van der Waals surface area contributed by atoms with E-state index >= 15 is 0 Å². The third-order valence-electron chi connectivity index (χ3n) is 6.67. The lowest BCUT2D eigenvalue weighted by atomic mass is 9.89. The Morgan fingerprint density at radius 2 is 1.60 bits per heavy atom. The summed E-state index contributed by atoms with van der Waals surface area (Å²) in [7, 11) is 0. The molecule has 0 fully saturated rings. The molecule has 2 aromatic carbocycles. The van der Waals surface area contributed by atoms with Gasteiger partial charge < -0.3 is 27.8 Å². The maximum atomic E-state index is 13.8. The third-order valence-corrected chi connectivity index (χ3v) is 7.72. The number of para-hydroxylation sites is 1. The monoisotopic (exact) mass is 607 g/mol. The molecule has 0 saturated carbocycles. The minimum absolute atomic E-state index is 0.0108. The number of ketones is 2. The van der Waals surface area contributed by atoms with Crippen LogP contribution >= 0.6 is 11.3 Å². The van der Waals surface area contributed by atoms with E-state index < -0.39 is 41.5 Å². The van der Waals surface area contributed by atoms with Crippen LogP contribution in [0.4, 0.5) is 0 Å². The number of carbonyl (C=O) groups excluding carboxylic acids is 5. The number of aromatic nitrogens is 1. The van der Waals surface area contributed by atoms with Crippen molar-refractivity contribution in [2.75, 3.05) is 6.54 Å². The maximum Gasteiger partial charge on any atom is 0.224 e. The molecule has 0 aliphatic rings. The van der Waals surface area contributed by atoms with Gasteiger partial charge in [-0.2, -0.15) is 0 Å². The topological polar surface area (TPSA) is 213 Å². The van der Waals surface area contributed by atoms with Crippen molar-refractivity contribution < 1.29 is 24.0 Å². The zero-order valence-corrected chi connectivity index (χ0v) is 24.8. The summed E-state index contributed by atoms with van der Waals surface area (Å²) in [5, 5.41) is 5.67. The minimum atomic E-state index is -0.990. The van der Waals surface area contributed by atoms with Crippen LogP contribution in [0.1, 0.15) is 54.4 Å². The number of Topliss-reactive ketones (excluding diaryl/α,β-unsaturated/α-hetero) is 2. The standard InChI is InChI=1S/C30H37N7O5S/c1-18(38)35-21(13-14-26(31)40)24(39)17-20(16-19-8-3-2-4-9-19)28(42)36-23(11-7-15-34-30(32)33)27(41)29-37-22-10-5-6-12-25(22)43-29/h2-6,8-10,12,20-21,23H,7,11,13-17H2,1H3,(H2,31,40)(H,35,38)(H,36,42)(H4,32,33,34). The number of aliphatic imine (C=N–C) groups is 1. The number of nitrogens with one attached hydrogen (secondary N) is 2. The van der Waals surface area contributed by atoms with Gasteiger partial charge in [0.2, 0.25) is 23.5 Å². The number of rotatable bonds is 17. The average Bonchev–Trinajstić information content (AvgIpc) is 3.40. The quantitative estimate of drug-likeness (QED) is 0.0656. The van der Waals surface area contributed by atoms with E-state index in [9.17, 15) is 24.0 Å². The SMILES string of the molecule is CC(=O)NC(CCC(N)=O)C(=O)CC(Cc1ccccc1)C(=O)NC(CCCN=C(N)N)C(=O)c1nc2ccccc2s1. The molecule has 0 aliphatic carbocycles. The van der Waals surface area contributed by atoms with E-state index in [0.29, 0.717) is 11.9 Å². The summed E-state index contributed by atoms with van der Waals surface area (Å²) in [6, 6.07) is 14.6. The summed E-state index contributed by atoms with van der Waals surface area (Å²) in [6.07, 6.45) is 0.505. The number of guanidine groups is 1. The highest BCUT2D eigenvalue weighted by molar-refractivity contribution is 7.20. The molecule has 0 saturated heterocycles. The largest absolute Gasteiger partial charge is 0.370 e. The van der Waals surface area contributed by atoms with Crippen LogP contribution in [0, 0.1) is 5.92 Å². The molecule has 0 radical (unpaired) electrons. The minimum Gasteiger partial charge on any atom is -0.370 e. The molecule has 0 bridgehead atoms. The number of nitrogens with two attached hydrogens (primary N) is 3. The first-order valence-corrected chi connectivity index (χ1v) is 14.7. The molecule has 3 rings (SSSR count). The van der Waals surface area contributed by atoms with Crippen LogP contribution < -0.4 is 27.8 Å². The van der Waals surface area contributed by atoms with Crippen molar-refractivity contribution in [3.63, 3.8) is 0 Å². The van der Waals surface area contributed by atoms with Gasteiger partial charge in [0, 0.05) is 32.2 Å². The van der Waals surface area contributed by atoms with E-state index in [1.165, 1.54) is 18.3 Å². The summed E-state index contributed by atoms with van der Waals surface area (Å²) >= 11 is 1.23. The molecule has 12 nitrogen and oxygen atoms in total. The lowest BCUT2D eigenvalue weighted by Gasteiger charge is -2.23. The molecule has 3 amide bonds. The van der Waals surface area contributed by atoms with Crippen molar-refractivity contribution in [2.24, 2.45) is 28.1 Å². The molecule has 228 valence electrons. The molecular weight excluding hydrogens is 570 g/mol. The van der Waals surface area contributed by atoms with Crippen LogP contribution in [0.25, 0.3) is 10.2 Å². The molecule has 0 spiro atoms. The van der Waals surface area contributed by atoms with E-state index in [4.69, 9.17) is 17.2 Å². The Labute approximate surface area is 253 Å². The highest BCUT2D eigenvalue weighted by Gasteiger charge is 2.31. The zero-order chi connectivity index (χ0) is 31.4. The second-order valence-electron chi connectivity index (χ2n) is 10.2. The van der Waals surface area contributed by atoms with Crippen molar-refractivity contribution >= 4 is 56.8 Å². The van der Waals surface area contributed by atoms with E-state index in [0.717, 1.165) is 10.3 Å². The number of hydrogen-bond donors (Lipinski definition) is 5. The highest BCUT2D eigenvalue weighted by atomic mass is 32.1. The maximum absolute atomic E-state index is 13.8. The number of primary amides is 1. The first-order valence-electron chi connectivity index (χ1n) is 13.9. The van der Waals surface area contributed by atoms with E-state index in [1.54, 1.807) is 6.07 Å². The van der Waals surface area contributed by atoms with Gasteiger partial charge in [-0.15, -0.1) is 11.3 Å². The summed E-state index contributed by atoms with van der Waals surface area (Å²) in [4.78, 5) is 72.4. The van der Waals surface area contributed by atoms with E-state index in [-0.39, 0.29) is 55.4 Å². The molecule has 13 heteroatoms. The van der Waals surface area contributed by atoms with Gasteiger partial charge >= 0.3 is 0 Å². The Balaban J connectivity index is 1.86. The molecule has 8 N–H and O–H groups in total. The average molecular weight is 608 g/mol. The van der Waals surface area contributed by atoms with Crippen molar-refractivity contribution in [1.82, 2.24) is 15.6 Å². The van der Waals surface area contributed by atoms with Gasteiger partial charge in [0.15, 0.2) is 16.8 Å². The van der Waals surface area contributed by atoms with Crippen molar-refractivity contribution in [2.45, 2.75) is 57.5 Å². The number of nitrogens with zero attached hydrogens (tertiary/aromatic N) is 2. The van der Waals surface area contributed by atoms with Crippen LogP contribution in [0.15, 0.2) is 59.6 Å². The first kappa shape index (κ1) is 32.9. The number of carbonyl (C=O) groups is 5. The summed E-state index contributed by atoms with van der Waals surface area (Å²) in [5.41, 5.74) is 17.6. The normalized spacial score (nSPS) is 13.0. The number of thiazole rings is 1. The Morgan fingerprint density at radius 1 is 0.907 bits per heavy atom. The lowest BCUT2D eigenvalue weighted by Crippen LogP contribution is -2.46. The van der Waals surface area contributed by atoms with Crippen LogP contribution in [0.5, 0.6) is 0 Å². The summed E-state index contributed by atoms with van der Waals surface area (Å²) in [6.45, 7) is 1.52. The molecule has 0 aliphatic heterocycles. The summed E-state index contributed by atoms with van der Waals surface area (Å²) < 4.78 is 0.837. The van der Waals surface area contributed by atoms with Crippen LogP contribution in [0.3, 0.4) is 0 Å². The lowest BCUT2D eigenvalue weighted by molar-refractivity contribution is -0.132. The number of benzene rings is 2. The van der Waals surface area contributed by atoms with Gasteiger partial charge in [0.1, 0.15) is 0 Å². The predicted octanol–water partition coefficient (Wildman–Crippen LogP) is 1.61. The van der Waals surface area contributed by atoms with Gasteiger partial charge in [-0.1, -0.05) is 42.5 Å². The van der Waals surface area contributed by atoms with Gasteiger partial charge in [-0.3, -0.25) is 29.0 Å². The van der Waals surface area contributed by atoms with Crippen LogP contribution in [-0.2, 0) is 25.6 Å². The smallest absolute Gasteiger partial charge is 0.224 e. The molecule has 43 heavy (non-hydrogen) atoms. The Bertz CT molecular complexity index is 1440. The second kappa shape index (κ2) is 16.1. The fraction of sp³-hybridized carbons (Fsp3) is 0.367. The number of hydrogen-bond acceptors (Lipinski definition) is 8. The molecule has 3 unspecified atom stereocenters. The number of amides is 3. The number of fused-ring (bicyclic) bond motifs is 1. The van der Waals surface area contributed by atoms with Gasteiger partial charge in [0.25, 0.3) is 0 Å². The molecule has 3 atom stereocenters. The van der Waals surface area contributed by atoms with Crippen molar-refractivity contribution in [3.05, 3.63) is 65.2 Å². The van der Waals surface area contributed by atoms with Crippen molar-refractivity contribution in [1.29, 1.82) is 0 Å². The van der Waals surface area contributed by atoms with Crippen molar-refractivity contribution in [3.8, 4) is 0 Å². The van der Waals surface area contributed by atoms with Gasteiger partial charge in [-0.05, 0) is 43.4 Å². The Morgan fingerprint density at radius 3 is 2.26 bits per heavy atom. The van der Waals surface area contributed by atoms with E-state index in [2.05, 4.69) is 20.6 Å². The third kappa shape index (κ3) is 10.6. The molecular formula is C30H37N7O5S. The Hall–Kier alpha value is -4.65. The fourth-order valence-electron chi connectivity index (χ4n) is 4.58. The van der Waals surface area contributed by atoms with Gasteiger partial charge in [-0.25, -0.2) is 4.98 Å². The van der Waals surface area contributed by atoms with Crippen LogP contribution in [0.2, 0.25) is 0 Å². The summed E-state index contributed by atoms with van der Waals surface area (Å²) in [5.74, 6) is -3.30. The highest BCUT2D eigenvalue weighted by Crippen LogP contribution is 2.24. The predicted molar refractivity (Wildman–Crippen MR) is 165 cm³/mol. The van der Waals surface area contributed by atoms with E-state index in [1.807, 2.05) is 48.5 Å².